The number of imidazole rings is 1. The van der Waals surface area contributed by atoms with Gasteiger partial charge in [0.1, 0.15) is 10.8 Å². The van der Waals surface area contributed by atoms with E-state index in [1.807, 2.05) is 44.2 Å². The van der Waals surface area contributed by atoms with E-state index < -0.39 is 11.7 Å². The van der Waals surface area contributed by atoms with Crippen molar-refractivity contribution < 1.29 is 17.9 Å². The minimum Gasteiger partial charge on any atom is -0.424 e. The molecule has 0 radical (unpaired) electrons. The van der Waals surface area contributed by atoms with E-state index in [9.17, 15) is 13.2 Å². The number of H-pyrrole nitrogens is 1. The van der Waals surface area contributed by atoms with Gasteiger partial charge in [0.25, 0.3) is 0 Å². The molecule has 9 nitrogen and oxygen atoms in total. The molecule has 0 aliphatic rings. The Morgan fingerprint density at radius 3 is 2.45 bits per heavy atom. The summed E-state index contributed by atoms with van der Waals surface area (Å²) in [6.07, 6.45) is -3.13. The number of benzene rings is 2. The summed E-state index contributed by atoms with van der Waals surface area (Å²) in [6.45, 7) is 5.08. The number of hydrogen-bond donors (Lipinski definition) is 3. The average Bonchev–Trinajstić information content (AvgIpc) is 3.42. The molecular weight excluding hydrogens is 521 g/mol. The largest absolute Gasteiger partial charge is 0.424 e. The minimum absolute atomic E-state index is 0.168. The van der Waals surface area contributed by atoms with Crippen LogP contribution in [-0.4, -0.2) is 29.7 Å². The molecule has 0 spiro atoms. The number of rotatable bonds is 8. The van der Waals surface area contributed by atoms with Crippen molar-refractivity contribution in [3.63, 3.8) is 0 Å². The fourth-order valence-corrected chi connectivity index (χ4v) is 3.90. The zero-order valence-electron chi connectivity index (χ0n) is 20.3. The van der Waals surface area contributed by atoms with E-state index in [0.717, 1.165) is 28.0 Å². The lowest BCUT2D eigenvalue weighted by Gasteiger charge is -2.10. The van der Waals surface area contributed by atoms with Crippen LogP contribution in [0.4, 0.5) is 30.6 Å². The van der Waals surface area contributed by atoms with Gasteiger partial charge in [0.2, 0.25) is 5.95 Å². The second-order valence-corrected chi connectivity index (χ2v) is 8.75. The van der Waals surface area contributed by atoms with Gasteiger partial charge in [-0.3, -0.25) is 5.10 Å². The van der Waals surface area contributed by atoms with Crippen LogP contribution in [0, 0.1) is 6.92 Å². The maximum Gasteiger partial charge on any atom is 0.419 e. The molecular formula is C25H22ClF3N8O. The monoisotopic (exact) mass is 542 g/mol. The fraction of sp³-hybridized carbons (Fsp3) is 0.200. The number of aromatic amines is 1. The molecule has 3 heterocycles. The lowest BCUT2D eigenvalue weighted by Crippen LogP contribution is -2.07. The number of fused-ring (bicyclic) bond motifs is 1. The molecule has 13 heteroatoms. The fourth-order valence-electron chi connectivity index (χ4n) is 3.77. The van der Waals surface area contributed by atoms with Gasteiger partial charge in [0.15, 0.2) is 5.82 Å². The van der Waals surface area contributed by atoms with E-state index in [1.54, 1.807) is 12.1 Å². The van der Waals surface area contributed by atoms with Gasteiger partial charge in [0, 0.05) is 31.2 Å². The van der Waals surface area contributed by atoms with Gasteiger partial charge in [-0.15, -0.1) is 0 Å². The molecule has 0 aliphatic carbocycles. The smallest absolute Gasteiger partial charge is 0.419 e. The third kappa shape index (κ3) is 5.35. The van der Waals surface area contributed by atoms with Crippen LogP contribution in [0.5, 0.6) is 11.8 Å². The molecule has 0 aliphatic heterocycles. The summed E-state index contributed by atoms with van der Waals surface area (Å²) in [6, 6.07) is 12.7. The molecule has 0 fully saturated rings. The quantitative estimate of drug-likeness (QED) is 0.200. The summed E-state index contributed by atoms with van der Waals surface area (Å²) in [5.41, 5.74) is 3.42. The van der Waals surface area contributed by atoms with Crippen molar-refractivity contribution in [3.05, 3.63) is 76.7 Å². The van der Waals surface area contributed by atoms with Crippen molar-refractivity contribution in [1.82, 2.24) is 29.7 Å². The maximum absolute atomic E-state index is 12.7. The van der Waals surface area contributed by atoms with Crippen molar-refractivity contribution in [1.29, 1.82) is 0 Å². The van der Waals surface area contributed by atoms with Crippen molar-refractivity contribution in [2.45, 2.75) is 33.1 Å². The predicted molar refractivity (Wildman–Crippen MR) is 138 cm³/mol. The molecule has 2 aromatic carbocycles. The topological polar surface area (TPSA) is 106 Å². The van der Waals surface area contributed by atoms with E-state index in [2.05, 4.69) is 35.4 Å². The average molecular weight is 543 g/mol. The first-order valence-corrected chi connectivity index (χ1v) is 12.0. The van der Waals surface area contributed by atoms with E-state index in [-0.39, 0.29) is 6.01 Å². The minimum atomic E-state index is -4.50. The second kappa shape index (κ2) is 10.2. The Kier molecular flexibility index (Phi) is 6.81. The van der Waals surface area contributed by atoms with Crippen LogP contribution >= 0.6 is 11.6 Å². The zero-order valence-corrected chi connectivity index (χ0v) is 21.0. The van der Waals surface area contributed by atoms with Crippen LogP contribution in [0.2, 0.25) is 5.02 Å². The predicted octanol–water partition coefficient (Wildman–Crippen LogP) is 6.70. The molecule has 3 N–H and O–H groups in total. The number of nitrogens with zero attached hydrogens (tertiary/aromatic N) is 5. The number of hydrogen-bond acceptors (Lipinski definition) is 7. The van der Waals surface area contributed by atoms with Crippen molar-refractivity contribution in [3.8, 4) is 11.8 Å². The van der Waals surface area contributed by atoms with Gasteiger partial charge in [0.05, 0.1) is 22.3 Å². The first-order chi connectivity index (χ1) is 18.2. The standard InChI is InChI=1S/C25H22ClF3N8O/c1-3-37-20-10-17(33-22-21(26)14(2)35-36-22)6-9-19(20)34-23(37)30-11-15-4-7-18(8-5-15)38-24-31-12-16(13-32-24)25(27,28)29/h4-10,12-13H,3,11H2,1-2H3,(H,30,34)(H2,33,35,36). The van der Waals surface area contributed by atoms with Gasteiger partial charge < -0.3 is 19.9 Å². The first-order valence-electron chi connectivity index (χ1n) is 11.6. The molecule has 5 rings (SSSR count). The van der Waals surface area contributed by atoms with Gasteiger partial charge in [-0.1, -0.05) is 23.7 Å². The summed E-state index contributed by atoms with van der Waals surface area (Å²) in [4.78, 5) is 12.0. The molecule has 196 valence electrons. The summed E-state index contributed by atoms with van der Waals surface area (Å²) in [5.74, 6) is 1.68. The summed E-state index contributed by atoms with van der Waals surface area (Å²) in [7, 11) is 0. The molecule has 0 unspecified atom stereocenters. The van der Waals surface area contributed by atoms with Crippen LogP contribution in [-0.2, 0) is 19.3 Å². The van der Waals surface area contributed by atoms with Crippen LogP contribution in [0.25, 0.3) is 11.0 Å². The Hall–Kier alpha value is -4.32. The third-order valence-corrected chi connectivity index (χ3v) is 6.20. The van der Waals surface area contributed by atoms with Crippen molar-refractivity contribution >= 4 is 40.1 Å². The van der Waals surface area contributed by atoms with Crippen LogP contribution in [0.3, 0.4) is 0 Å². The zero-order chi connectivity index (χ0) is 26.9. The summed E-state index contributed by atoms with van der Waals surface area (Å²) in [5, 5.41) is 14.2. The number of aromatic nitrogens is 6. The normalized spacial score (nSPS) is 11.6. The Bertz CT molecular complexity index is 1560. The number of nitrogens with one attached hydrogen (secondary N) is 3. The lowest BCUT2D eigenvalue weighted by molar-refractivity contribution is -0.138. The summed E-state index contributed by atoms with van der Waals surface area (Å²) < 4.78 is 45.5. The maximum atomic E-state index is 12.7. The highest BCUT2D eigenvalue weighted by Crippen LogP contribution is 2.30. The SMILES string of the molecule is CCn1c(NCc2ccc(Oc3ncc(C(F)(F)F)cn3)cc2)nc2ccc(Nc3n[nH]c(C)c3Cl)cc21. The highest BCUT2D eigenvalue weighted by molar-refractivity contribution is 6.33. The molecule has 5 aromatic rings. The lowest BCUT2D eigenvalue weighted by atomic mass is 10.2. The van der Waals surface area contributed by atoms with E-state index in [1.165, 1.54) is 0 Å². The molecule has 0 bridgehead atoms. The number of anilines is 3. The molecule has 0 saturated heterocycles. The van der Waals surface area contributed by atoms with E-state index >= 15 is 0 Å². The molecule has 38 heavy (non-hydrogen) atoms. The first kappa shape index (κ1) is 25.3. The van der Waals surface area contributed by atoms with E-state index in [0.29, 0.717) is 48.0 Å². The second-order valence-electron chi connectivity index (χ2n) is 8.37. The molecule has 0 amide bonds. The summed E-state index contributed by atoms with van der Waals surface area (Å²) >= 11 is 6.27. The number of ether oxygens (including phenoxy) is 1. The number of halogens is 4. The van der Waals surface area contributed by atoms with Crippen LogP contribution < -0.4 is 15.4 Å². The Morgan fingerprint density at radius 1 is 1.08 bits per heavy atom. The molecule has 0 saturated carbocycles. The van der Waals surface area contributed by atoms with Gasteiger partial charge in [-0.05, 0) is 49.7 Å². The highest BCUT2D eigenvalue weighted by Gasteiger charge is 2.31. The van der Waals surface area contributed by atoms with Gasteiger partial charge >= 0.3 is 12.2 Å². The van der Waals surface area contributed by atoms with Crippen molar-refractivity contribution in [2.24, 2.45) is 0 Å². The van der Waals surface area contributed by atoms with Crippen molar-refractivity contribution in [2.75, 3.05) is 10.6 Å². The van der Waals surface area contributed by atoms with Crippen LogP contribution in [0.1, 0.15) is 23.7 Å². The Balaban J connectivity index is 1.25. The molecule has 0 atom stereocenters. The van der Waals surface area contributed by atoms with Gasteiger partial charge in [-0.2, -0.15) is 18.3 Å². The Morgan fingerprint density at radius 2 is 1.82 bits per heavy atom. The number of aryl methyl sites for hydroxylation is 2. The number of alkyl halides is 3. The third-order valence-electron chi connectivity index (χ3n) is 5.74. The van der Waals surface area contributed by atoms with Crippen LogP contribution in [0.15, 0.2) is 54.9 Å². The van der Waals surface area contributed by atoms with Gasteiger partial charge in [-0.25, -0.2) is 15.0 Å². The Labute approximate surface area is 220 Å². The van der Waals surface area contributed by atoms with E-state index in [4.69, 9.17) is 21.3 Å². The molecule has 3 aromatic heterocycles. The highest BCUT2D eigenvalue weighted by atomic mass is 35.5.